The minimum atomic E-state index is -2.77. The van der Waals surface area contributed by atoms with Crippen LogP contribution in [0.5, 0.6) is 0 Å². The van der Waals surface area contributed by atoms with Crippen LogP contribution < -0.4 is 0 Å². The molecule has 0 atom stereocenters. The van der Waals surface area contributed by atoms with Crippen LogP contribution in [0.15, 0.2) is 0 Å². The van der Waals surface area contributed by atoms with Gasteiger partial charge >= 0.3 is 37.7 Å². The van der Waals surface area contributed by atoms with E-state index in [0.29, 0.717) is 0 Å². The summed E-state index contributed by atoms with van der Waals surface area (Å²) in [5, 5.41) is 7.03. The summed E-state index contributed by atoms with van der Waals surface area (Å²) in [7, 11) is -2.77. The molecule has 40 valence electrons. The van der Waals surface area contributed by atoms with E-state index < -0.39 is 11.0 Å². The van der Waals surface area contributed by atoms with E-state index in [9.17, 15) is 0 Å². The molecule has 0 rings (SSSR count). The van der Waals surface area contributed by atoms with Crippen molar-refractivity contribution < 1.29 is 18.0 Å². The van der Waals surface area contributed by atoms with Crippen LogP contribution in [-0.4, -0.2) is 43.0 Å². The maximum Gasteiger partial charge on any atom is 2.00 e. The zero-order valence-corrected chi connectivity index (χ0v) is 6.81. The maximum absolute atomic E-state index is 8.90. The Hall–Kier alpha value is 1.13. The molecule has 0 unspecified atom stereocenters. The topological polar surface area (TPSA) is 63.6 Å². The molecule has 0 fully saturated rings. The average molecular weight is 152 g/mol. The van der Waals surface area contributed by atoms with E-state index in [1.54, 1.807) is 0 Å². The van der Waals surface area contributed by atoms with Gasteiger partial charge in [-0.15, -0.1) is 0 Å². The van der Waals surface area contributed by atoms with Gasteiger partial charge in [-0.1, -0.05) is 0 Å². The van der Waals surface area contributed by atoms with Gasteiger partial charge in [0.1, 0.15) is 0 Å². The quantitative estimate of drug-likeness (QED) is 0.185. The third kappa shape index (κ3) is 19.2. The smallest absolute Gasteiger partial charge is 0.394 e. The summed E-state index contributed by atoms with van der Waals surface area (Å²) >= 11 is 0. The van der Waals surface area contributed by atoms with E-state index in [1.165, 1.54) is 0 Å². The third-order valence-electron chi connectivity index (χ3n) is 0.0609. The molecule has 0 radical (unpaired) electrons. The SMILES string of the molecule is O=[S-](=O)OO.[CH3-].[Ca+2]. The van der Waals surface area contributed by atoms with E-state index in [1.807, 2.05) is 0 Å². The summed E-state index contributed by atoms with van der Waals surface area (Å²) in [6.45, 7) is 0. The predicted octanol–water partition coefficient (Wildman–Crippen LogP) is -0.230. The molecule has 0 amide bonds. The van der Waals surface area contributed by atoms with E-state index in [-0.39, 0.29) is 45.2 Å². The monoisotopic (exact) mass is 152 g/mol. The van der Waals surface area contributed by atoms with Crippen molar-refractivity contribution in [1.82, 2.24) is 0 Å². The van der Waals surface area contributed by atoms with E-state index in [0.717, 1.165) is 0 Å². The fourth-order valence-corrected chi connectivity index (χ4v) is 0. The Morgan fingerprint density at radius 1 is 1.43 bits per heavy atom. The van der Waals surface area contributed by atoms with Crippen molar-refractivity contribution in [3.8, 4) is 0 Å². The molecule has 0 aliphatic rings. The molecule has 6 heteroatoms. The van der Waals surface area contributed by atoms with Gasteiger partial charge in [0.15, 0.2) is 0 Å². The number of rotatable bonds is 1. The van der Waals surface area contributed by atoms with Crippen molar-refractivity contribution in [2.24, 2.45) is 0 Å². The van der Waals surface area contributed by atoms with Gasteiger partial charge in [-0.25, -0.2) is 0 Å². The van der Waals surface area contributed by atoms with Gasteiger partial charge in [0.05, 0.1) is 11.0 Å². The fraction of sp³-hybridized carbons (Fsp3) is 0. The molecule has 0 aliphatic carbocycles. The first-order valence-corrected chi connectivity index (χ1v) is 1.68. The summed E-state index contributed by atoms with van der Waals surface area (Å²) in [4.78, 5) is 0. The van der Waals surface area contributed by atoms with Gasteiger partial charge in [0, 0.05) is 0 Å². The molecule has 4 nitrogen and oxygen atoms in total. The van der Waals surface area contributed by atoms with Crippen LogP contribution in [0.1, 0.15) is 0 Å². The van der Waals surface area contributed by atoms with E-state index in [4.69, 9.17) is 13.7 Å². The third-order valence-corrected chi connectivity index (χ3v) is 0.183. The average Bonchev–Trinajstić information content (AvgIpc) is 1.38. The first-order valence-electron chi connectivity index (χ1n) is 0.683. The molecule has 0 aromatic carbocycles. The van der Waals surface area contributed by atoms with Crippen molar-refractivity contribution in [3.63, 3.8) is 0 Å². The Morgan fingerprint density at radius 2 is 1.57 bits per heavy atom. The molecule has 1 N–H and O–H groups in total. The second kappa shape index (κ2) is 10.2. The Kier molecular flexibility index (Phi) is 22.8. The summed E-state index contributed by atoms with van der Waals surface area (Å²) in [5.74, 6) is 0. The minimum absolute atomic E-state index is 0. The normalized spacial score (nSPS) is 6.57. The Morgan fingerprint density at radius 3 is 1.57 bits per heavy atom. The van der Waals surface area contributed by atoms with Gasteiger partial charge in [0.2, 0.25) is 0 Å². The molecular weight excluding hydrogens is 148 g/mol. The molecule has 0 saturated carbocycles. The van der Waals surface area contributed by atoms with Crippen LogP contribution in [0.3, 0.4) is 0 Å². The Balaban J connectivity index is -0.0000000800. The second-order valence-corrected chi connectivity index (χ2v) is 0.836. The number of hydrogen-bond acceptors (Lipinski definition) is 5. The predicted molar refractivity (Wildman–Crippen MR) is 24.6 cm³/mol. The standard InChI is InChI=1S/CH3.Ca.HO4S/c;;1-4-5(2)3/h1H3;;1H/q-1;+2;-1. The van der Waals surface area contributed by atoms with Crippen molar-refractivity contribution in [1.29, 1.82) is 0 Å². The first-order chi connectivity index (χ1) is 2.27. The molecule has 7 heavy (non-hydrogen) atoms. The van der Waals surface area contributed by atoms with E-state index >= 15 is 0 Å². The van der Waals surface area contributed by atoms with Crippen LogP contribution >= 0.6 is 0 Å². The molecule has 0 saturated heterocycles. The van der Waals surface area contributed by atoms with Gasteiger partial charge in [-0.2, -0.15) is 0 Å². The molecule has 0 aliphatic heterocycles. The van der Waals surface area contributed by atoms with Gasteiger partial charge in [-0.05, 0) is 0 Å². The molecule has 0 bridgehead atoms. The van der Waals surface area contributed by atoms with Crippen LogP contribution in [0, 0.1) is 7.43 Å². The molecule has 0 aromatic heterocycles. The first kappa shape index (κ1) is 15.7. The van der Waals surface area contributed by atoms with Crippen LogP contribution in [0.4, 0.5) is 0 Å². The van der Waals surface area contributed by atoms with Crippen LogP contribution in [-0.2, 0) is 23.7 Å². The minimum Gasteiger partial charge on any atom is -0.394 e. The Labute approximate surface area is 73.6 Å². The summed E-state index contributed by atoms with van der Waals surface area (Å²) in [6.07, 6.45) is 0. The van der Waals surface area contributed by atoms with Gasteiger partial charge in [0.25, 0.3) is 0 Å². The summed E-state index contributed by atoms with van der Waals surface area (Å²) < 4.78 is 20.5. The maximum atomic E-state index is 8.90. The van der Waals surface area contributed by atoms with E-state index in [2.05, 4.69) is 4.33 Å². The van der Waals surface area contributed by atoms with Crippen LogP contribution in [0.25, 0.3) is 0 Å². The van der Waals surface area contributed by atoms with Gasteiger partial charge < -0.3 is 15.8 Å². The second-order valence-electron chi connectivity index (χ2n) is 0.279. The fourth-order valence-electron chi connectivity index (χ4n) is 0. The molecular formula is CH4CaO4S. The summed E-state index contributed by atoms with van der Waals surface area (Å²) in [5.41, 5.74) is 0. The molecule has 0 spiro atoms. The van der Waals surface area contributed by atoms with Crippen molar-refractivity contribution in [2.75, 3.05) is 0 Å². The number of hydrogen-bond donors (Lipinski definition) is 1. The zero-order chi connectivity index (χ0) is 4.28. The molecule has 0 aromatic rings. The van der Waals surface area contributed by atoms with Crippen LogP contribution in [0.2, 0.25) is 0 Å². The van der Waals surface area contributed by atoms with Crippen molar-refractivity contribution in [3.05, 3.63) is 7.43 Å². The largest absolute Gasteiger partial charge is 2.00 e. The van der Waals surface area contributed by atoms with Gasteiger partial charge in [-0.3, -0.25) is 9.59 Å². The van der Waals surface area contributed by atoms with Crippen molar-refractivity contribution >= 4 is 48.7 Å². The Bertz CT molecular complexity index is 69.8. The molecule has 0 heterocycles. The summed E-state index contributed by atoms with van der Waals surface area (Å²) in [6, 6.07) is 0. The zero-order valence-electron chi connectivity index (χ0n) is 3.79. The van der Waals surface area contributed by atoms with Crippen molar-refractivity contribution in [2.45, 2.75) is 0 Å².